The van der Waals surface area contributed by atoms with E-state index in [0.717, 1.165) is 16.7 Å². The molecule has 0 bridgehead atoms. The number of nitriles is 1. The van der Waals surface area contributed by atoms with Gasteiger partial charge in [0.1, 0.15) is 5.52 Å². The molecule has 2 aromatic carbocycles. The molecule has 20 heavy (non-hydrogen) atoms. The number of hydrogen-bond donors (Lipinski definition) is 0. The SMILES string of the molecule is Br.N#Cc1ccccc1CSc1nc2ccccc2o1. The lowest BCUT2D eigenvalue weighted by Gasteiger charge is -2.00. The summed E-state index contributed by atoms with van der Waals surface area (Å²) in [5.74, 6) is 0.677. The standard InChI is InChI=1S/C15H10N2OS.BrH/c16-9-11-5-1-2-6-12(11)10-19-15-17-13-7-3-4-8-14(13)18-15;/h1-8H,10H2;1H. The first-order valence-corrected chi connectivity index (χ1v) is 6.82. The Morgan fingerprint density at radius 2 is 1.85 bits per heavy atom. The third-order valence-corrected chi connectivity index (χ3v) is 3.64. The van der Waals surface area contributed by atoms with E-state index in [0.29, 0.717) is 16.5 Å². The quantitative estimate of drug-likeness (QED) is 0.651. The summed E-state index contributed by atoms with van der Waals surface area (Å²) in [5.41, 5.74) is 3.35. The van der Waals surface area contributed by atoms with Crippen LogP contribution in [0.5, 0.6) is 0 Å². The van der Waals surface area contributed by atoms with Crippen molar-refractivity contribution in [3.05, 3.63) is 59.7 Å². The average molecular weight is 347 g/mol. The van der Waals surface area contributed by atoms with Crippen molar-refractivity contribution in [2.24, 2.45) is 0 Å². The van der Waals surface area contributed by atoms with Gasteiger partial charge < -0.3 is 4.42 Å². The maximum atomic E-state index is 9.03. The lowest BCUT2D eigenvalue weighted by Crippen LogP contribution is -1.86. The molecule has 0 aliphatic carbocycles. The molecule has 3 nitrogen and oxygen atoms in total. The minimum Gasteiger partial charge on any atom is -0.431 e. The number of rotatable bonds is 3. The number of fused-ring (bicyclic) bond motifs is 1. The number of halogens is 1. The van der Waals surface area contributed by atoms with Crippen LogP contribution < -0.4 is 0 Å². The predicted octanol–water partition coefficient (Wildman–Crippen LogP) is 4.57. The molecule has 0 saturated heterocycles. The number of benzene rings is 2. The molecule has 0 radical (unpaired) electrons. The Kier molecular flexibility index (Phi) is 4.83. The number of nitrogens with zero attached hydrogens (tertiary/aromatic N) is 2. The Labute approximate surface area is 131 Å². The summed E-state index contributed by atoms with van der Waals surface area (Å²) in [7, 11) is 0. The molecule has 0 N–H and O–H groups in total. The molecule has 0 aliphatic heterocycles. The van der Waals surface area contributed by atoms with Crippen LogP contribution in [0.4, 0.5) is 0 Å². The fourth-order valence-electron chi connectivity index (χ4n) is 1.81. The van der Waals surface area contributed by atoms with Gasteiger partial charge in [-0.1, -0.05) is 42.1 Å². The second kappa shape index (κ2) is 6.60. The summed E-state index contributed by atoms with van der Waals surface area (Å²) in [6.45, 7) is 0. The lowest BCUT2D eigenvalue weighted by molar-refractivity contribution is 0.489. The van der Waals surface area contributed by atoms with Gasteiger partial charge in [-0.25, -0.2) is 4.98 Å². The predicted molar refractivity (Wildman–Crippen MR) is 85.0 cm³/mol. The third-order valence-electron chi connectivity index (χ3n) is 2.76. The maximum absolute atomic E-state index is 9.03. The summed E-state index contributed by atoms with van der Waals surface area (Å²) < 4.78 is 5.63. The van der Waals surface area contributed by atoms with Crippen molar-refractivity contribution in [2.75, 3.05) is 0 Å². The van der Waals surface area contributed by atoms with E-state index in [1.54, 1.807) is 0 Å². The molecule has 0 unspecified atom stereocenters. The number of thioether (sulfide) groups is 1. The van der Waals surface area contributed by atoms with Crippen LogP contribution in [0.25, 0.3) is 11.1 Å². The summed E-state index contributed by atoms with van der Waals surface area (Å²) >= 11 is 1.50. The molecule has 0 aliphatic rings. The van der Waals surface area contributed by atoms with Crippen molar-refractivity contribution in [1.29, 1.82) is 5.26 Å². The highest BCUT2D eigenvalue weighted by Crippen LogP contribution is 2.26. The normalized spacial score (nSPS) is 9.95. The van der Waals surface area contributed by atoms with Crippen LogP contribution in [-0.2, 0) is 5.75 Å². The molecule has 1 heterocycles. The Morgan fingerprint density at radius 3 is 2.65 bits per heavy atom. The van der Waals surface area contributed by atoms with Crippen molar-refractivity contribution >= 4 is 39.8 Å². The van der Waals surface area contributed by atoms with Crippen LogP contribution in [0.15, 0.2) is 58.2 Å². The molecule has 0 amide bonds. The van der Waals surface area contributed by atoms with Crippen LogP contribution >= 0.6 is 28.7 Å². The van der Waals surface area contributed by atoms with Gasteiger partial charge in [0.15, 0.2) is 5.58 Å². The number of para-hydroxylation sites is 2. The summed E-state index contributed by atoms with van der Waals surface area (Å²) in [4.78, 5) is 4.40. The van der Waals surface area contributed by atoms with Gasteiger partial charge in [0, 0.05) is 5.75 Å². The molecule has 5 heteroatoms. The van der Waals surface area contributed by atoms with Crippen LogP contribution in [0.3, 0.4) is 0 Å². The van der Waals surface area contributed by atoms with Gasteiger partial charge in [-0.3, -0.25) is 0 Å². The minimum absolute atomic E-state index is 0. The van der Waals surface area contributed by atoms with Crippen molar-refractivity contribution in [2.45, 2.75) is 11.0 Å². The largest absolute Gasteiger partial charge is 0.431 e. The molecule has 100 valence electrons. The zero-order valence-electron chi connectivity index (χ0n) is 10.4. The van der Waals surface area contributed by atoms with E-state index in [-0.39, 0.29) is 17.0 Å². The summed E-state index contributed by atoms with van der Waals surface area (Å²) in [5, 5.41) is 9.66. The Morgan fingerprint density at radius 1 is 1.10 bits per heavy atom. The van der Waals surface area contributed by atoms with Crippen LogP contribution in [0.2, 0.25) is 0 Å². The molecule has 0 saturated carbocycles. The van der Waals surface area contributed by atoms with Gasteiger partial charge in [-0.2, -0.15) is 5.26 Å². The van der Waals surface area contributed by atoms with Crippen molar-refractivity contribution in [3.63, 3.8) is 0 Å². The van der Waals surface area contributed by atoms with E-state index in [9.17, 15) is 0 Å². The average Bonchev–Trinajstić information content (AvgIpc) is 2.88. The Hall–Kier alpha value is -1.77. The van der Waals surface area contributed by atoms with Crippen molar-refractivity contribution < 1.29 is 4.42 Å². The van der Waals surface area contributed by atoms with E-state index in [4.69, 9.17) is 9.68 Å². The van der Waals surface area contributed by atoms with E-state index in [2.05, 4.69) is 11.1 Å². The molecule has 3 rings (SSSR count). The highest BCUT2D eigenvalue weighted by molar-refractivity contribution is 8.93. The first-order chi connectivity index (χ1) is 9.36. The van der Waals surface area contributed by atoms with Gasteiger partial charge in [0.25, 0.3) is 5.22 Å². The monoisotopic (exact) mass is 346 g/mol. The van der Waals surface area contributed by atoms with Gasteiger partial charge in [-0.15, -0.1) is 17.0 Å². The van der Waals surface area contributed by atoms with E-state index in [1.165, 1.54) is 11.8 Å². The first kappa shape index (κ1) is 14.6. The smallest absolute Gasteiger partial charge is 0.257 e. The number of oxazole rings is 1. The van der Waals surface area contributed by atoms with Gasteiger partial charge in [-0.05, 0) is 23.8 Å². The highest BCUT2D eigenvalue weighted by Gasteiger charge is 2.07. The number of hydrogen-bond acceptors (Lipinski definition) is 4. The summed E-state index contributed by atoms with van der Waals surface area (Å²) in [6, 6.07) is 17.4. The molecular weight excluding hydrogens is 336 g/mol. The van der Waals surface area contributed by atoms with E-state index >= 15 is 0 Å². The second-order valence-corrected chi connectivity index (χ2v) is 4.93. The zero-order valence-corrected chi connectivity index (χ0v) is 13.0. The van der Waals surface area contributed by atoms with Gasteiger partial charge in [0.05, 0.1) is 11.6 Å². The lowest BCUT2D eigenvalue weighted by atomic mass is 10.1. The number of aromatic nitrogens is 1. The Balaban J connectivity index is 0.00000147. The van der Waals surface area contributed by atoms with Crippen molar-refractivity contribution in [3.8, 4) is 6.07 Å². The molecule has 1 aromatic heterocycles. The van der Waals surface area contributed by atoms with Crippen LogP contribution in [0, 0.1) is 11.3 Å². The third kappa shape index (κ3) is 3.03. The summed E-state index contributed by atoms with van der Waals surface area (Å²) in [6.07, 6.45) is 0. The molecular formula is C15H11BrN2OS. The first-order valence-electron chi connectivity index (χ1n) is 5.83. The van der Waals surface area contributed by atoms with Crippen LogP contribution in [-0.4, -0.2) is 4.98 Å². The van der Waals surface area contributed by atoms with Gasteiger partial charge >= 0.3 is 0 Å². The fraction of sp³-hybridized carbons (Fsp3) is 0.0667. The van der Waals surface area contributed by atoms with Crippen LogP contribution in [0.1, 0.15) is 11.1 Å². The molecule has 0 fully saturated rings. The molecule has 3 aromatic rings. The zero-order chi connectivity index (χ0) is 13.1. The highest BCUT2D eigenvalue weighted by atomic mass is 79.9. The van der Waals surface area contributed by atoms with Gasteiger partial charge in [0.2, 0.25) is 0 Å². The minimum atomic E-state index is 0. The maximum Gasteiger partial charge on any atom is 0.257 e. The fourth-order valence-corrected chi connectivity index (χ4v) is 2.65. The van der Waals surface area contributed by atoms with E-state index in [1.807, 2.05) is 48.5 Å². The molecule has 0 spiro atoms. The molecule has 0 atom stereocenters. The topological polar surface area (TPSA) is 49.8 Å². The Bertz CT molecular complexity index is 731. The van der Waals surface area contributed by atoms with E-state index < -0.39 is 0 Å². The second-order valence-electron chi connectivity index (χ2n) is 4.01. The van der Waals surface area contributed by atoms with Crippen molar-refractivity contribution in [1.82, 2.24) is 4.98 Å².